The molecule has 0 bridgehead atoms. The van der Waals surface area contributed by atoms with Crippen LogP contribution in [0.3, 0.4) is 0 Å². The first kappa shape index (κ1) is 14.5. The summed E-state index contributed by atoms with van der Waals surface area (Å²) in [5.41, 5.74) is 0.959. The number of aliphatic carboxylic acids is 1. The molecule has 0 aliphatic rings. The van der Waals surface area contributed by atoms with Gasteiger partial charge in [0.25, 0.3) is 5.91 Å². The average molecular weight is 272 g/mol. The molecule has 0 aliphatic carbocycles. The second kappa shape index (κ2) is 5.84. The van der Waals surface area contributed by atoms with Gasteiger partial charge in [-0.3, -0.25) is 4.79 Å². The molecule has 0 saturated carbocycles. The van der Waals surface area contributed by atoms with E-state index in [-0.39, 0.29) is 0 Å². The predicted octanol–water partition coefficient (Wildman–Crippen LogP) is 1.21. The molecule has 0 unspecified atom stereocenters. The van der Waals surface area contributed by atoms with Crippen LogP contribution >= 0.6 is 11.6 Å². The van der Waals surface area contributed by atoms with E-state index in [2.05, 4.69) is 5.32 Å². The summed E-state index contributed by atoms with van der Waals surface area (Å²) in [5.74, 6) is -1.84. The van der Waals surface area contributed by atoms with Crippen LogP contribution in [0.15, 0.2) is 18.2 Å². The number of hydrogen-bond donors (Lipinski definition) is 3. The number of benzene rings is 1. The van der Waals surface area contributed by atoms with E-state index in [1.54, 1.807) is 19.1 Å². The monoisotopic (exact) mass is 271 g/mol. The van der Waals surface area contributed by atoms with E-state index in [1.165, 1.54) is 13.0 Å². The number of amides is 1. The smallest absolute Gasteiger partial charge is 0.328 e. The number of aliphatic hydroxyl groups excluding tert-OH is 1. The van der Waals surface area contributed by atoms with Gasteiger partial charge in [-0.15, -0.1) is 0 Å². The van der Waals surface area contributed by atoms with E-state index in [0.717, 1.165) is 0 Å². The van der Waals surface area contributed by atoms with Crippen LogP contribution in [0.25, 0.3) is 0 Å². The Labute approximate surface area is 109 Å². The first-order valence-corrected chi connectivity index (χ1v) is 5.68. The van der Waals surface area contributed by atoms with Crippen molar-refractivity contribution in [2.45, 2.75) is 26.0 Å². The van der Waals surface area contributed by atoms with Crippen LogP contribution in [-0.4, -0.2) is 34.2 Å². The van der Waals surface area contributed by atoms with Gasteiger partial charge in [-0.25, -0.2) is 4.79 Å². The lowest BCUT2D eigenvalue weighted by Crippen LogP contribution is -2.47. The van der Waals surface area contributed by atoms with Gasteiger partial charge in [-0.2, -0.15) is 0 Å². The molecule has 2 atom stereocenters. The number of hydrogen-bond acceptors (Lipinski definition) is 3. The lowest BCUT2D eigenvalue weighted by Gasteiger charge is -2.17. The maximum absolute atomic E-state index is 11.9. The fraction of sp³-hybridized carbons (Fsp3) is 0.333. The molecule has 0 aliphatic heterocycles. The number of aryl methyl sites for hydroxylation is 1. The quantitative estimate of drug-likeness (QED) is 0.768. The Morgan fingerprint density at radius 3 is 2.44 bits per heavy atom. The number of carboxylic acid groups (broad SMARTS) is 1. The average Bonchev–Trinajstić information content (AvgIpc) is 2.24. The number of carbonyl (C=O) groups is 2. The van der Waals surface area contributed by atoms with Crippen LogP contribution in [0.1, 0.15) is 22.8 Å². The molecular formula is C12H14ClNO4. The van der Waals surface area contributed by atoms with Crippen molar-refractivity contribution in [1.29, 1.82) is 0 Å². The molecular weight excluding hydrogens is 258 g/mol. The van der Waals surface area contributed by atoms with Crippen LogP contribution in [0.4, 0.5) is 0 Å². The summed E-state index contributed by atoms with van der Waals surface area (Å²) in [6.07, 6.45) is -1.18. The zero-order chi connectivity index (χ0) is 13.9. The van der Waals surface area contributed by atoms with Crippen molar-refractivity contribution < 1.29 is 19.8 Å². The molecule has 0 saturated heterocycles. The maximum Gasteiger partial charge on any atom is 0.328 e. The Balaban J connectivity index is 2.91. The minimum Gasteiger partial charge on any atom is -0.480 e. The van der Waals surface area contributed by atoms with Crippen molar-refractivity contribution in [1.82, 2.24) is 5.32 Å². The lowest BCUT2D eigenvalue weighted by molar-refractivity contribution is -0.141. The SMILES string of the molecule is Cc1cc(Cl)ccc1C(=O)N[C@H](C(=O)O)[C@@H](C)O. The summed E-state index contributed by atoms with van der Waals surface area (Å²) in [6.45, 7) is 2.99. The van der Waals surface area contributed by atoms with E-state index in [4.69, 9.17) is 16.7 Å². The van der Waals surface area contributed by atoms with E-state index in [0.29, 0.717) is 16.1 Å². The van der Waals surface area contributed by atoms with Crippen molar-refractivity contribution in [3.8, 4) is 0 Å². The highest BCUT2D eigenvalue weighted by Gasteiger charge is 2.25. The summed E-state index contributed by atoms with van der Waals surface area (Å²) in [6, 6.07) is 3.32. The first-order valence-electron chi connectivity index (χ1n) is 5.31. The van der Waals surface area contributed by atoms with Crippen molar-refractivity contribution in [2.75, 3.05) is 0 Å². The summed E-state index contributed by atoms with van der Waals surface area (Å²) in [7, 11) is 0. The minimum atomic E-state index is -1.34. The fourth-order valence-corrected chi connectivity index (χ4v) is 1.72. The van der Waals surface area contributed by atoms with Crippen molar-refractivity contribution in [3.63, 3.8) is 0 Å². The molecule has 0 aromatic heterocycles. The van der Waals surface area contributed by atoms with Gasteiger partial charge in [0.05, 0.1) is 6.10 Å². The Bertz CT molecular complexity index is 473. The van der Waals surface area contributed by atoms with Crippen molar-refractivity contribution in [2.24, 2.45) is 0 Å². The number of carboxylic acids is 1. The van der Waals surface area contributed by atoms with Gasteiger partial charge in [0, 0.05) is 10.6 Å². The first-order chi connectivity index (χ1) is 8.32. The van der Waals surface area contributed by atoms with Crippen LogP contribution in [0.5, 0.6) is 0 Å². The summed E-state index contributed by atoms with van der Waals surface area (Å²) < 4.78 is 0. The molecule has 98 valence electrons. The zero-order valence-corrected chi connectivity index (χ0v) is 10.7. The van der Waals surface area contributed by atoms with Crippen molar-refractivity contribution in [3.05, 3.63) is 34.3 Å². The molecule has 5 nitrogen and oxygen atoms in total. The molecule has 0 fully saturated rings. The highest BCUT2D eigenvalue weighted by molar-refractivity contribution is 6.30. The third-order valence-electron chi connectivity index (χ3n) is 2.47. The largest absolute Gasteiger partial charge is 0.480 e. The van der Waals surface area contributed by atoms with Crippen LogP contribution < -0.4 is 5.32 Å². The molecule has 6 heteroatoms. The number of carbonyl (C=O) groups excluding carboxylic acids is 1. The molecule has 0 radical (unpaired) electrons. The number of nitrogens with one attached hydrogen (secondary N) is 1. The van der Waals surface area contributed by atoms with E-state index < -0.39 is 24.0 Å². The highest BCUT2D eigenvalue weighted by Crippen LogP contribution is 2.15. The molecule has 0 heterocycles. The van der Waals surface area contributed by atoms with Gasteiger partial charge in [-0.1, -0.05) is 11.6 Å². The van der Waals surface area contributed by atoms with Gasteiger partial charge in [0.1, 0.15) is 0 Å². The zero-order valence-electron chi connectivity index (χ0n) is 9.98. The van der Waals surface area contributed by atoms with Gasteiger partial charge >= 0.3 is 5.97 Å². The summed E-state index contributed by atoms with van der Waals surface area (Å²) in [4.78, 5) is 22.7. The predicted molar refractivity (Wildman–Crippen MR) is 66.8 cm³/mol. The minimum absolute atomic E-state index is 0.325. The Hall–Kier alpha value is -1.59. The Morgan fingerprint density at radius 1 is 1.39 bits per heavy atom. The molecule has 1 aromatic carbocycles. The third-order valence-corrected chi connectivity index (χ3v) is 2.70. The highest BCUT2D eigenvalue weighted by atomic mass is 35.5. The normalized spacial score (nSPS) is 13.8. The second-order valence-electron chi connectivity index (χ2n) is 3.99. The molecule has 1 amide bonds. The standard InChI is InChI=1S/C12H14ClNO4/c1-6-5-8(13)3-4-9(6)11(16)14-10(7(2)15)12(17)18/h3-5,7,10,15H,1-2H3,(H,14,16)(H,17,18)/t7-,10+/m1/s1. The lowest BCUT2D eigenvalue weighted by atomic mass is 10.1. The van der Waals surface area contributed by atoms with Crippen LogP contribution in [0, 0.1) is 6.92 Å². The van der Waals surface area contributed by atoms with Gasteiger partial charge in [0.15, 0.2) is 6.04 Å². The van der Waals surface area contributed by atoms with Gasteiger partial charge in [-0.05, 0) is 37.6 Å². The molecule has 3 N–H and O–H groups in total. The molecule has 18 heavy (non-hydrogen) atoms. The molecule has 1 aromatic rings. The molecule has 0 spiro atoms. The maximum atomic E-state index is 11.9. The number of aliphatic hydroxyl groups is 1. The Morgan fingerprint density at radius 2 is 2.00 bits per heavy atom. The molecule has 1 rings (SSSR count). The topological polar surface area (TPSA) is 86.6 Å². The fourth-order valence-electron chi connectivity index (χ4n) is 1.49. The van der Waals surface area contributed by atoms with Gasteiger partial charge in [0.2, 0.25) is 0 Å². The second-order valence-corrected chi connectivity index (χ2v) is 4.43. The third kappa shape index (κ3) is 3.45. The number of rotatable bonds is 4. The van der Waals surface area contributed by atoms with E-state index in [9.17, 15) is 14.7 Å². The summed E-state index contributed by atoms with van der Waals surface area (Å²) in [5, 5.41) is 20.9. The van der Waals surface area contributed by atoms with Crippen LogP contribution in [0.2, 0.25) is 5.02 Å². The Kier molecular flexibility index (Phi) is 4.69. The summed E-state index contributed by atoms with van der Waals surface area (Å²) >= 11 is 5.76. The number of halogens is 1. The van der Waals surface area contributed by atoms with Gasteiger partial charge < -0.3 is 15.5 Å². The van der Waals surface area contributed by atoms with E-state index >= 15 is 0 Å². The van der Waals surface area contributed by atoms with Crippen molar-refractivity contribution >= 4 is 23.5 Å². The van der Waals surface area contributed by atoms with Crippen LogP contribution in [-0.2, 0) is 4.79 Å². The van der Waals surface area contributed by atoms with E-state index in [1.807, 2.05) is 0 Å².